The Bertz CT molecular complexity index is 737. The third-order valence-corrected chi connectivity index (χ3v) is 6.60. The van der Waals surface area contributed by atoms with E-state index in [9.17, 15) is 9.59 Å². The minimum absolute atomic E-state index is 0.0766. The van der Waals surface area contributed by atoms with Gasteiger partial charge in [0.1, 0.15) is 0 Å². The monoisotopic (exact) mass is 372 g/mol. The number of rotatable bonds is 5. The van der Waals surface area contributed by atoms with E-state index < -0.39 is 0 Å². The number of amides is 1. The number of anilines is 1. The van der Waals surface area contributed by atoms with E-state index in [-0.39, 0.29) is 22.6 Å². The Labute approximate surface area is 160 Å². The molecule has 1 atom stereocenters. The van der Waals surface area contributed by atoms with Crippen LogP contribution in [0.3, 0.4) is 0 Å². The Morgan fingerprint density at radius 1 is 1.27 bits per heavy atom. The predicted molar refractivity (Wildman–Crippen MR) is 108 cm³/mol. The van der Waals surface area contributed by atoms with Crippen LogP contribution >= 0.6 is 11.8 Å². The Morgan fingerprint density at radius 3 is 2.58 bits per heavy atom. The van der Waals surface area contributed by atoms with Gasteiger partial charge in [0.15, 0.2) is 11.3 Å². The minimum Gasteiger partial charge on any atom is -0.343 e. The predicted octanol–water partition coefficient (Wildman–Crippen LogP) is 4.72. The molecule has 1 aliphatic carbocycles. The van der Waals surface area contributed by atoms with Crippen molar-refractivity contribution in [3.05, 3.63) is 40.3 Å². The fourth-order valence-corrected chi connectivity index (χ4v) is 5.00. The molecule has 2 aliphatic rings. The highest BCUT2D eigenvalue weighted by Gasteiger charge is 2.37. The summed E-state index contributed by atoms with van der Waals surface area (Å²) in [6.45, 7) is 9.22. The third-order valence-electron chi connectivity index (χ3n) is 5.27. The van der Waals surface area contributed by atoms with Gasteiger partial charge in [0.05, 0.1) is 0 Å². The van der Waals surface area contributed by atoms with E-state index >= 15 is 0 Å². The number of ketones is 1. The summed E-state index contributed by atoms with van der Waals surface area (Å²) in [6, 6.07) is 7.72. The van der Waals surface area contributed by atoms with Crippen molar-refractivity contribution in [3.63, 3.8) is 0 Å². The highest BCUT2D eigenvalue weighted by molar-refractivity contribution is 8.03. The highest BCUT2D eigenvalue weighted by atomic mass is 32.2. The lowest BCUT2D eigenvalue weighted by atomic mass is 9.77. The second-order valence-electron chi connectivity index (χ2n) is 7.80. The smallest absolute Gasteiger partial charge is 0.250 e. The molecule has 1 heterocycles. The van der Waals surface area contributed by atoms with Gasteiger partial charge in [-0.1, -0.05) is 32.5 Å². The number of thioether (sulfide) groups is 1. The second-order valence-corrected chi connectivity index (χ2v) is 8.97. The molecule has 0 fully saturated rings. The fraction of sp³-hybridized carbons (Fsp3) is 0.524. The summed E-state index contributed by atoms with van der Waals surface area (Å²) in [7, 11) is 0. The molecule has 0 radical (unpaired) electrons. The first-order chi connectivity index (χ1) is 12.3. The number of nitrogens with one attached hydrogen (secondary N) is 1. The average molecular weight is 373 g/mol. The van der Waals surface area contributed by atoms with Crippen LogP contribution in [0.4, 0.5) is 5.69 Å². The summed E-state index contributed by atoms with van der Waals surface area (Å²) in [5, 5.41) is 3.18. The summed E-state index contributed by atoms with van der Waals surface area (Å²) >= 11 is 1.77. The Morgan fingerprint density at radius 2 is 1.96 bits per heavy atom. The Hall–Kier alpha value is -1.75. The molecule has 0 spiro atoms. The molecule has 5 heteroatoms. The van der Waals surface area contributed by atoms with E-state index in [0.29, 0.717) is 6.42 Å². The van der Waals surface area contributed by atoms with Crippen molar-refractivity contribution in [2.75, 3.05) is 11.4 Å². The Balaban J connectivity index is 1.81. The summed E-state index contributed by atoms with van der Waals surface area (Å²) in [5.74, 6) is 0.229. The molecule has 1 unspecified atom stereocenters. The average Bonchev–Trinajstić information content (AvgIpc) is 2.62. The standard InChI is InChI=1S/C21H28N2O2S/c1-5-17(24)14-7-9-15(10-8-14)23(6-2)20-22-19(25)16-13-21(3,4)12-11-18(16)26-20/h7-10,20H,5-6,11-13H2,1-4H3,(H,22,25). The summed E-state index contributed by atoms with van der Waals surface area (Å²) < 4.78 is 0. The molecule has 1 aromatic rings. The van der Waals surface area contributed by atoms with E-state index in [0.717, 1.165) is 42.6 Å². The van der Waals surface area contributed by atoms with Gasteiger partial charge in [0.25, 0.3) is 0 Å². The molecule has 0 saturated heterocycles. The molecule has 0 bridgehead atoms. The maximum absolute atomic E-state index is 12.7. The van der Waals surface area contributed by atoms with E-state index in [1.807, 2.05) is 31.2 Å². The maximum atomic E-state index is 12.7. The molecule has 1 amide bonds. The third kappa shape index (κ3) is 3.83. The van der Waals surface area contributed by atoms with Crippen molar-refractivity contribution in [1.82, 2.24) is 5.32 Å². The molecule has 3 rings (SSSR count). The van der Waals surface area contributed by atoms with Crippen LogP contribution in [0.15, 0.2) is 34.7 Å². The summed E-state index contributed by atoms with van der Waals surface area (Å²) in [4.78, 5) is 28.0. The summed E-state index contributed by atoms with van der Waals surface area (Å²) in [5.41, 5.74) is 2.85. The first-order valence-corrected chi connectivity index (χ1v) is 10.3. The zero-order valence-corrected chi connectivity index (χ0v) is 16.9. The van der Waals surface area contributed by atoms with Gasteiger partial charge < -0.3 is 10.2 Å². The van der Waals surface area contributed by atoms with Crippen molar-refractivity contribution in [1.29, 1.82) is 0 Å². The highest BCUT2D eigenvalue weighted by Crippen LogP contribution is 2.46. The van der Waals surface area contributed by atoms with Gasteiger partial charge in [0.2, 0.25) is 5.91 Å². The van der Waals surface area contributed by atoms with Crippen LogP contribution < -0.4 is 10.2 Å². The molecule has 1 aromatic carbocycles. The zero-order valence-electron chi connectivity index (χ0n) is 16.1. The molecule has 1 N–H and O–H groups in total. The number of hydrogen-bond acceptors (Lipinski definition) is 4. The normalized spacial score (nSPS) is 21.8. The van der Waals surface area contributed by atoms with Crippen LogP contribution in [0.25, 0.3) is 0 Å². The van der Waals surface area contributed by atoms with Crippen molar-refractivity contribution >= 4 is 29.1 Å². The molecule has 1 aliphatic heterocycles. The van der Waals surface area contributed by atoms with Crippen molar-refractivity contribution in [2.45, 2.75) is 58.9 Å². The molecular formula is C21H28N2O2S. The van der Waals surface area contributed by atoms with Crippen molar-refractivity contribution < 1.29 is 9.59 Å². The number of carbonyl (C=O) groups excluding carboxylic acids is 2. The number of allylic oxidation sites excluding steroid dienone is 1. The van der Waals surface area contributed by atoms with Gasteiger partial charge in [-0.3, -0.25) is 9.59 Å². The lowest BCUT2D eigenvalue weighted by Gasteiger charge is -2.40. The van der Waals surface area contributed by atoms with Crippen LogP contribution in [0, 0.1) is 5.41 Å². The van der Waals surface area contributed by atoms with Crippen LogP contribution in [0.1, 0.15) is 63.7 Å². The SMILES string of the molecule is CCC(=O)c1ccc(N(CC)C2NC(=O)C3=C(CCC(C)(C)C3)S2)cc1. The minimum atomic E-state index is -0.0970. The molecule has 140 valence electrons. The van der Waals surface area contributed by atoms with Crippen LogP contribution in [-0.2, 0) is 4.79 Å². The molecule has 26 heavy (non-hydrogen) atoms. The number of benzene rings is 1. The Kier molecular flexibility index (Phi) is 5.47. The molecule has 0 saturated carbocycles. The first-order valence-electron chi connectivity index (χ1n) is 9.44. The summed E-state index contributed by atoms with van der Waals surface area (Å²) in [6.07, 6.45) is 3.48. The number of carbonyl (C=O) groups is 2. The number of hydrogen-bond donors (Lipinski definition) is 1. The van der Waals surface area contributed by atoms with Crippen LogP contribution in [0.5, 0.6) is 0 Å². The van der Waals surface area contributed by atoms with Gasteiger partial charge in [-0.25, -0.2) is 0 Å². The topological polar surface area (TPSA) is 49.4 Å². The van der Waals surface area contributed by atoms with Gasteiger partial charge in [-0.05, 0) is 60.8 Å². The molecular weight excluding hydrogens is 344 g/mol. The van der Waals surface area contributed by atoms with Gasteiger partial charge >= 0.3 is 0 Å². The number of Topliss-reactive ketones (excluding diaryl/α,β-unsaturated/α-hetero) is 1. The maximum Gasteiger partial charge on any atom is 0.250 e. The van der Waals surface area contributed by atoms with Crippen molar-refractivity contribution in [2.24, 2.45) is 5.41 Å². The van der Waals surface area contributed by atoms with E-state index in [4.69, 9.17) is 0 Å². The zero-order chi connectivity index (χ0) is 18.9. The van der Waals surface area contributed by atoms with Gasteiger partial charge in [-0.15, -0.1) is 0 Å². The van der Waals surface area contributed by atoms with E-state index in [1.165, 1.54) is 4.91 Å². The quantitative estimate of drug-likeness (QED) is 0.760. The van der Waals surface area contributed by atoms with E-state index in [1.54, 1.807) is 11.8 Å². The van der Waals surface area contributed by atoms with Crippen LogP contribution in [-0.4, -0.2) is 23.7 Å². The first kappa shape index (κ1) is 19.0. The lowest BCUT2D eigenvalue weighted by molar-refractivity contribution is -0.118. The lowest BCUT2D eigenvalue weighted by Crippen LogP contribution is -2.50. The largest absolute Gasteiger partial charge is 0.343 e. The molecule has 4 nitrogen and oxygen atoms in total. The van der Waals surface area contributed by atoms with E-state index in [2.05, 4.69) is 31.0 Å². The van der Waals surface area contributed by atoms with Gasteiger partial charge in [-0.2, -0.15) is 0 Å². The molecule has 0 aromatic heterocycles. The van der Waals surface area contributed by atoms with Crippen molar-refractivity contribution in [3.8, 4) is 0 Å². The van der Waals surface area contributed by atoms with Gasteiger partial charge in [0, 0.05) is 29.8 Å². The second kappa shape index (κ2) is 7.47. The number of nitrogens with zero attached hydrogens (tertiary/aromatic N) is 1. The fourth-order valence-electron chi connectivity index (χ4n) is 3.64. The van der Waals surface area contributed by atoms with Crippen LogP contribution in [0.2, 0.25) is 0 Å².